The number of aryl methyl sites for hydroxylation is 1. The summed E-state index contributed by atoms with van der Waals surface area (Å²) in [5.41, 5.74) is 9.04. The lowest BCUT2D eigenvalue weighted by molar-refractivity contribution is 0.0963. The van der Waals surface area contributed by atoms with Crippen molar-refractivity contribution >= 4 is 5.91 Å². The Morgan fingerprint density at radius 3 is 3.07 bits per heavy atom. The Balaban J connectivity index is 2.37. The summed E-state index contributed by atoms with van der Waals surface area (Å²) < 4.78 is 0. The quantitative estimate of drug-likeness (QED) is 0.694. The lowest BCUT2D eigenvalue weighted by Gasteiger charge is -2.06. The molecule has 3 heteroatoms. The van der Waals surface area contributed by atoms with E-state index in [0.717, 1.165) is 18.4 Å². The topological polar surface area (TPSA) is 55.1 Å². The van der Waals surface area contributed by atoms with Crippen molar-refractivity contribution in [2.75, 3.05) is 7.05 Å². The maximum absolute atomic E-state index is 11.4. The molecule has 0 aliphatic heterocycles. The minimum atomic E-state index is -0.0340. The van der Waals surface area contributed by atoms with Crippen LogP contribution in [-0.4, -0.2) is 13.0 Å². The number of hydrogen-bond donors (Lipinski definition) is 2. The maximum Gasteiger partial charge on any atom is 0.251 e. The van der Waals surface area contributed by atoms with E-state index in [-0.39, 0.29) is 11.9 Å². The molecule has 1 aromatic rings. The first-order chi connectivity index (χ1) is 6.72. The molecule has 0 spiro atoms. The standard InChI is InChI=1S/C11H14N2O/c1-13-11(14)8-2-4-9-7(6-8)3-5-10(9)12/h2,4,6,10H,3,5,12H2,1H3,(H,13,14). The molecule has 0 bridgehead atoms. The van der Waals surface area contributed by atoms with Gasteiger partial charge in [0.1, 0.15) is 0 Å². The number of hydrogen-bond acceptors (Lipinski definition) is 2. The lowest BCUT2D eigenvalue weighted by atomic mass is 10.0. The minimum Gasteiger partial charge on any atom is -0.355 e. The molecule has 2 rings (SSSR count). The monoisotopic (exact) mass is 190 g/mol. The summed E-state index contributed by atoms with van der Waals surface area (Å²) in [6, 6.07) is 5.91. The highest BCUT2D eigenvalue weighted by Crippen LogP contribution is 2.29. The fourth-order valence-electron chi connectivity index (χ4n) is 1.94. The number of amides is 1. The molecule has 0 saturated heterocycles. The summed E-state index contributed by atoms with van der Waals surface area (Å²) in [6.45, 7) is 0. The van der Waals surface area contributed by atoms with Gasteiger partial charge in [0.25, 0.3) is 5.91 Å². The summed E-state index contributed by atoms with van der Waals surface area (Å²) in [5, 5.41) is 2.61. The van der Waals surface area contributed by atoms with Gasteiger partial charge in [0.05, 0.1) is 0 Å². The van der Waals surface area contributed by atoms with Crippen LogP contribution in [0.4, 0.5) is 0 Å². The van der Waals surface area contributed by atoms with Gasteiger partial charge in [0.15, 0.2) is 0 Å². The molecule has 0 heterocycles. The Labute approximate surface area is 83.3 Å². The smallest absolute Gasteiger partial charge is 0.251 e. The summed E-state index contributed by atoms with van der Waals surface area (Å²) in [4.78, 5) is 11.4. The number of carbonyl (C=O) groups excluding carboxylic acids is 1. The zero-order valence-corrected chi connectivity index (χ0v) is 8.21. The molecular weight excluding hydrogens is 176 g/mol. The van der Waals surface area contributed by atoms with Crippen LogP contribution in [0.1, 0.15) is 33.9 Å². The van der Waals surface area contributed by atoms with Crippen molar-refractivity contribution in [3.8, 4) is 0 Å². The molecule has 1 aliphatic rings. The minimum absolute atomic E-state index is 0.0340. The van der Waals surface area contributed by atoms with Crippen LogP contribution in [0.2, 0.25) is 0 Å². The van der Waals surface area contributed by atoms with Crippen LogP contribution in [0.25, 0.3) is 0 Å². The molecule has 0 fully saturated rings. The second-order valence-electron chi connectivity index (χ2n) is 3.64. The third-order valence-electron chi connectivity index (χ3n) is 2.76. The van der Waals surface area contributed by atoms with Gasteiger partial charge in [0.2, 0.25) is 0 Å². The van der Waals surface area contributed by atoms with Gasteiger partial charge in [-0.15, -0.1) is 0 Å². The lowest BCUT2D eigenvalue weighted by Crippen LogP contribution is -2.18. The predicted molar refractivity (Wildman–Crippen MR) is 55.1 cm³/mol. The second-order valence-corrected chi connectivity index (χ2v) is 3.64. The Morgan fingerprint density at radius 2 is 2.36 bits per heavy atom. The third-order valence-corrected chi connectivity index (χ3v) is 2.76. The number of benzene rings is 1. The van der Waals surface area contributed by atoms with Gasteiger partial charge in [-0.25, -0.2) is 0 Å². The Morgan fingerprint density at radius 1 is 1.57 bits per heavy atom. The molecule has 74 valence electrons. The first kappa shape index (κ1) is 9.21. The van der Waals surface area contributed by atoms with Crippen LogP contribution in [0.5, 0.6) is 0 Å². The molecule has 3 N–H and O–H groups in total. The van der Waals surface area contributed by atoms with Crippen molar-refractivity contribution < 1.29 is 4.79 Å². The van der Waals surface area contributed by atoms with Crippen LogP contribution in [0.15, 0.2) is 18.2 Å². The molecule has 14 heavy (non-hydrogen) atoms. The van der Waals surface area contributed by atoms with Crippen molar-refractivity contribution in [3.05, 3.63) is 34.9 Å². The van der Waals surface area contributed by atoms with Crippen LogP contribution in [0.3, 0.4) is 0 Å². The van der Waals surface area contributed by atoms with E-state index in [9.17, 15) is 4.79 Å². The molecule has 0 aromatic heterocycles. The van der Waals surface area contributed by atoms with Gasteiger partial charge in [-0.05, 0) is 36.1 Å². The zero-order valence-electron chi connectivity index (χ0n) is 8.21. The third kappa shape index (κ3) is 1.40. The normalized spacial score (nSPS) is 19.1. The van der Waals surface area contributed by atoms with E-state index in [0.29, 0.717) is 0 Å². The molecule has 0 radical (unpaired) electrons. The van der Waals surface area contributed by atoms with Crippen LogP contribution in [0, 0.1) is 0 Å². The van der Waals surface area contributed by atoms with E-state index in [1.165, 1.54) is 11.1 Å². The van der Waals surface area contributed by atoms with Gasteiger partial charge in [-0.1, -0.05) is 6.07 Å². The molecule has 1 unspecified atom stereocenters. The van der Waals surface area contributed by atoms with Crippen molar-refractivity contribution in [3.63, 3.8) is 0 Å². The Bertz CT molecular complexity index is 374. The number of rotatable bonds is 1. The first-order valence-corrected chi connectivity index (χ1v) is 4.83. The summed E-state index contributed by atoms with van der Waals surface area (Å²) in [7, 11) is 1.64. The van der Waals surface area contributed by atoms with E-state index in [4.69, 9.17) is 5.73 Å². The highest BCUT2D eigenvalue weighted by Gasteiger charge is 2.19. The van der Waals surface area contributed by atoms with Gasteiger partial charge in [-0.3, -0.25) is 4.79 Å². The molecule has 1 aromatic carbocycles. The van der Waals surface area contributed by atoms with Crippen molar-refractivity contribution in [1.82, 2.24) is 5.32 Å². The van der Waals surface area contributed by atoms with Crippen LogP contribution >= 0.6 is 0 Å². The van der Waals surface area contributed by atoms with E-state index >= 15 is 0 Å². The molecule has 0 saturated carbocycles. The fourth-order valence-corrected chi connectivity index (χ4v) is 1.94. The van der Waals surface area contributed by atoms with Crippen LogP contribution < -0.4 is 11.1 Å². The average molecular weight is 190 g/mol. The van der Waals surface area contributed by atoms with Gasteiger partial charge in [-0.2, -0.15) is 0 Å². The fraction of sp³-hybridized carbons (Fsp3) is 0.364. The van der Waals surface area contributed by atoms with Gasteiger partial charge < -0.3 is 11.1 Å². The first-order valence-electron chi connectivity index (χ1n) is 4.83. The maximum atomic E-state index is 11.4. The zero-order chi connectivity index (χ0) is 10.1. The summed E-state index contributed by atoms with van der Waals surface area (Å²) >= 11 is 0. The van der Waals surface area contributed by atoms with E-state index in [1.54, 1.807) is 7.05 Å². The molecule has 3 nitrogen and oxygen atoms in total. The van der Waals surface area contributed by atoms with Crippen LogP contribution in [-0.2, 0) is 6.42 Å². The summed E-state index contributed by atoms with van der Waals surface area (Å²) in [6.07, 6.45) is 1.98. The van der Waals surface area contributed by atoms with E-state index in [2.05, 4.69) is 5.32 Å². The van der Waals surface area contributed by atoms with Crippen molar-refractivity contribution in [1.29, 1.82) is 0 Å². The highest BCUT2D eigenvalue weighted by atomic mass is 16.1. The average Bonchev–Trinajstić information content (AvgIpc) is 2.59. The number of nitrogens with two attached hydrogens (primary N) is 1. The van der Waals surface area contributed by atoms with E-state index in [1.807, 2.05) is 18.2 Å². The largest absolute Gasteiger partial charge is 0.355 e. The molecular formula is C11H14N2O. The predicted octanol–water partition coefficient (Wildman–Crippen LogP) is 0.992. The number of carbonyl (C=O) groups is 1. The van der Waals surface area contributed by atoms with Crippen molar-refractivity contribution in [2.24, 2.45) is 5.73 Å². The van der Waals surface area contributed by atoms with Gasteiger partial charge in [0, 0.05) is 18.7 Å². The second kappa shape index (κ2) is 3.42. The number of fused-ring (bicyclic) bond motifs is 1. The molecule has 1 atom stereocenters. The Hall–Kier alpha value is -1.35. The van der Waals surface area contributed by atoms with E-state index < -0.39 is 0 Å². The summed E-state index contributed by atoms with van der Waals surface area (Å²) in [5.74, 6) is -0.0340. The van der Waals surface area contributed by atoms with Gasteiger partial charge >= 0.3 is 0 Å². The Kier molecular flexibility index (Phi) is 2.25. The molecule has 1 amide bonds. The molecule has 1 aliphatic carbocycles. The SMILES string of the molecule is CNC(=O)c1ccc2c(c1)CCC2N. The highest BCUT2D eigenvalue weighted by molar-refractivity contribution is 5.94. The number of nitrogens with one attached hydrogen (secondary N) is 1. The van der Waals surface area contributed by atoms with Crippen molar-refractivity contribution in [2.45, 2.75) is 18.9 Å².